The van der Waals surface area contributed by atoms with Gasteiger partial charge in [-0.25, -0.2) is 9.78 Å². The Labute approximate surface area is 197 Å². The number of nitrogens with zero attached hydrogens (tertiary/aromatic N) is 2. The summed E-state index contributed by atoms with van der Waals surface area (Å²) < 4.78 is 11.1. The predicted octanol–water partition coefficient (Wildman–Crippen LogP) is 6.31. The second-order valence-corrected chi connectivity index (χ2v) is 8.35. The molecular weight excluding hydrogens is 424 g/mol. The van der Waals surface area contributed by atoms with Crippen molar-refractivity contribution in [3.05, 3.63) is 102 Å². The van der Waals surface area contributed by atoms with Crippen molar-refractivity contribution in [2.45, 2.75) is 6.42 Å². The van der Waals surface area contributed by atoms with Crippen molar-refractivity contribution >= 4 is 39.1 Å². The molecular formula is C29H22N2O3. The van der Waals surface area contributed by atoms with Gasteiger partial charge in [0.2, 0.25) is 0 Å². The summed E-state index contributed by atoms with van der Waals surface area (Å²) in [6.07, 6.45) is 0.926. The van der Waals surface area contributed by atoms with Gasteiger partial charge in [0.1, 0.15) is 17.3 Å². The van der Waals surface area contributed by atoms with Crippen LogP contribution >= 0.6 is 0 Å². The van der Waals surface area contributed by atoms with Crippen molar-refractivity contribution in [1.82, 2.24) is 4.98 Å². The highest BCUT2D eigenvalue weighted by molar-refractivity contribution is 5.96. The molecule has 0 bridgehead atoms. The van der Waals surface area contributed by atoms with E-state index in [1.165, 1.54) is 5.56 Å². The lowest BCUT2D eigenvalue weighted by molar-refractivity contribution is 0.0737. The number of hydrogen-bond acceptors (Lipinski definition) is 5. The van der Waals surface area contributed by atoms with E-state index in [0.29, 0.717) is 11.3 Å². The quantitative estimate of drug-likeness (QED) is 0.239. The van der Waals surface area contributed by atoms with Crippen LogP contribution in [0.25, 0.3) is 21.7 Å². The first-order chi connectivity index (χ1) is 16.7. The number of hydrogen-bond donors (Lipinski definition) is 0. The molecule has 0 unspecified atom stereocenters. The number of fused-ring (bicyclic) bond motifs is 3. The Morgan fingerprint density at radius 2 is 1.71 bits per heavy atom. The molecule has 0 spiro atoms. The normalized spacial score (nSPS) is 12.7. The van der Waals surface area contributed by atoms with Crippen LogP contribution in [-0.4, -0.2) is 24.6 Å². The van der Waals surface area contributed by atoms with E-state index < -0.39 is 0 Å². The molecule has 5 heteroatoms. The molecule has 0 radical (unpaired) electrons. The maximum absolute atomic E-state index is 12.8. The molecule has 0 fully saturated rings. The lowest BCUT2D eigenvalue weighted by Crippen LogP contribution is -2.15. The van der Waals surface area contributed by atoms with Crippen molar-refractivity contribution < 1.29 is 14.3 Å². The van der Waals surface area contributed by atoms with Gasteiger partial charge in [0, 0.05) is 29.1 Å². The Hall–Kier alpha value is -4.38. The molecule has 166 valence electrons. The summed E-state index contributed by atoms with van der Waals surface area (Å²) in [5.41, 5.74) is 3.62. The molecule has 0 saturated heterocycles. The number of methoxy groups -OCH3 is 1. The third kappa shape index (κ3) is 3.52. The number of benzene rings is 4. The number of pyridine rings is 1. The first-order valence-electron chi connectivity index (χ1n) is 11.2. The SMILES string of the molecule is COc1ccc2cc3c(nc2c1)N(c1ccc(C(=O)Oc2cccc4ccccc24)cc1)CC3. The summed E-state index contributed by atoms with van der Waals surface area (Å²) in [5, 5.41) is 3.06. The summed E-state index contributed by atoms with van der Waals surface area (Å²) >= 11 is 0. The van der Waals surface area contributed by atoms with Gasteiger partial charge in [-0.15, -0.1) is 0 Å². The van der Waals surface area contributed by atoms with Gasteiger partial charge in [0.25, 0.3) is 0 Å². The van der Waals surface area contributed by atoms with Crippen LogP contribution in [0, 0.1) is 0 Å². The molecule has 2 heterocycles. The molecule has 0 N–H and O–H groups in total. The molecule has 1 aliphatic rings. The molecule has 5 aromatic rings. The van der Waals surface area contributed by atoms with Crippen molar-refractivity contribution in [3.8, 4) is 11.5 Å². The van der Waals surface area contributed by atoms with E-state index in [1.807, 2.05) is 84.9 Å². The highest BCUT2D eigenvalue weighted by atomic mass is 16.5. The zero-order valence-corrected chi connectivity index (χ0v) is 18.7. The minimum Gasteiger partial charge on any atom is -0.497 e. The van der Waals surface area contributed by atoms with Gasteiger partial charge in [0.15, 0.2) is 0 Å². The highest BCUT2D eigenvalue weighted by Crippen LogP contribution is 2.36. The summed E-state index contributed by atoms with van der Waals surface area (Å²) in [6.45, 7) is 0.843. The average Bonchev–Trinajstić information content (AvgIpc) is 3.30. The molecule has 0 atom stereocenters. The fourth-order valence-corrected chi connectivity index (χ4v) is 4.54. The maximum atomic E-state index is 12.8. The van der Waals surface area contributed by atoms with Crippen LogP contribution in [0.15, 0.2) is 91.0 Å². The lowest BCUT2D eigenvalue weighted by Gasteiger charge is -2.19. The van der Waals surface area contributed by atoms with Crippen LogP contribution in [0.5, 0.6) is 11.5 Å². The molecule has 0 saturated carbocycles. The monoisotopic (exact) mass is 446 g/mol. The zero-order valence-electron chi connectivity index (χ0n) is 18.7. The first-order valence-corrected chi connectivity index (χ1v) is 11.2. The summed E-state index contributed by atoms with van der Waals surface area (Å²) in [6, 6.07) is 29.3. The van der Waals surface area contributed by atoms with E-state index in [0.717, 1.165) is 51.9 Å². The smallest absolute Gasteiger partial charge is 0.343 e. The van der Waals surface area contributed by atoms with Crippen LogP contribution in [0.3, 0.4) is 0 Å². The molecule has 6 rings (SSSR count). The van der Waals surface area contributed by atoms with Gasteiger partial charge in [-0.3, -0.25) is 0 Å². The fourth-order valence-electron chi connectivity index (χ4n) is 4.54. The Morgan fingerprint density at radius 3 is 2.56 bits per heavy atom. The van der Waals surface area contributed by atoms with Crippen molar-refractivity contribution in [1.29, 1.82) is 0 Å². The molecule has 5 nitrogen and oxygen atoms in total. The van der Waals surface area contributed by atoms with E-state index in [9.17, 15) is 4.79 Å². The Bertz CT molecular complexity index is 1540. The molecule has 4 aromatic carbocycles. The second-order valence-electron chi connectivity index (χ2n) is 8.35. The van der Waals surface area contributed by atoms with Crippen LogP contribution < -0.4 is 14.4 Å². The van der Waals surface area contributed by atoms with Crippen molar-refractivity contribution in [2.75, 3.05) is 18.6 Å². The van der Waals surface area contributed by atoms with Gasteiger partial charge >= 0.3 is 5.97 Å². The molecule has 34 heavy (non-hydrogen) atoms. The van der Waals surface area contributed by atoms with Crippen molar-refractivity contribution in [2.24, 2.45) is 0 Å². The molecule has 0 aliphatic carbocycles. The largest absolute Gasteiger partial charge is 0.497 e. The zero-order chi connectivity index (χ0) is 23.1. The van der Waals surface area contributed by atoms with Crippen LogP contribution in [-0.2, 0) is 6.42 Å². The number of aromatic nitrogens is 1. The van der Waals surface area contributed by atoms with Crippen LogP contribution in [0.4, 0.5) is 11.5 Å². The highest BCUT2D eigenvalue weighted by Gasteiger charge is 2.23. The number of rotatable bonds is 4. The predicted molar refractivity (Wildman–Crippen MR) is 134 cm³/mol. The number of anilines is 2. The third-order valence-electron chi connectivity index (χ3n) is 6.31. The van der Waals surface area contributed by atoms with E-state index in [-0.39, 0.29) is 5.97 Å². The number of ether oxygens (including phenoxy) is 2. The number of carbonyl (C=O) groups excluding carboxylic acids is 1. The molecule has 1 aliphatic heterocycles. The minimum atomic E-state index is -0.374. The van der Waals surface area contributed by atoms with E-state index >= 15 is 0 Å². The van der Waals surface area contributed by atoms with Crippen molar-refractivity contribution in [3.63, 3.8) is 0 Å². The topological polar surface area (TPSA) is 51.7 Å². The minimum absolute atomic E-state index is 0.374. The Balaban J connectivity index is 1.26. The standard InChI is InChI=1S/C29H22N2O3/c1-33-24-14-11-21-17-22-15-16-31(28(22)30-26(21)18-24)23-12-9-20(10-13-23)29(32)34-27-8-4-6-19-5-2-3-7-25(19)27/h2-14,17-18H,15-16H2,1H3. The van der Waals surface area contributed by atoms with Gasteiger partial charge < -0.3 is 14.4 Å². The number of carbonyl (C=O) groups is 1. The summed E-state index contributed by atoms with van der Waals surface area (Å²) in [4.78, 5) is 19.9. The summed E-state index contributed by atoms with van der Waals surface area (Å²) in [7, 11) is 1.66. The van der Waals surface area contributed by atoms with E-state index in [4.69, 9.17) is 14.5 Å². The molecule has 1 aromatic heterocycles. The average molecular weight is 447 g/mol. The van der Waals surface area contributed by atoms with Gasteiger partial charge in [-0.2, -0.15) is 0 Å². The van der Waals surface area contributed by atoms with Gasteiger partial charge in [0.05, 0.1) is 18.2 Å². The Morgan fingerprint density at radius 1 is 0.882 bits per heavy atom. The first kappa shape index (κ1) is 20.2. The second kappa shape index (κ2) is 8.19. The third-order valence-corrected chi connectivity index (χ3v) is 6.31. The summed E-state index contributed by atoms with van der Waals surface area (Å²) in [5.74, 6) is 1.93. The van der Waals surface area contributed by atoms with E-state index in [1.54, 1.807) is 7.11 Å². The maximum Gasteiger partial charge on any atom is 0.343 e. The van der Waals surface area contributed by atoms with Gasteiger partial charge in [-0.05, 0) is 65.9 Å². The van der Waals surface area contributed by atoms with E-state index in [2.05, 4.69) is 11.0 Å². The lowest BCUT2D eigenvalue weighted by atomic mass is 10.1. The van der Waals surface area contributed by atoms with Gasteiger partial charge in [-0.1, -0.05) is 36.4 Å². The molecule has 0 amide bonds. The number of esters is 1. The van der Waals surface area contributed by atoms with Crippen LogP contribution in [0.2, 0.25) is 0 Å². The van der Waals surface area contributed by atoms with Crippen LogP contribution in [0.1, 0.15) is 15.9 Å². The fraction of sp³-hybridized carbons (Fsp3) is 0.103. The Kier molecular flexibility index (Phi) is 4.88.